The van der Waals surface area contributed by atoms with Crippen molar-refractivity contribution in [3.05, 3.63) is 47.0 Å². The van der Waals surface area contributed by atoms with Crippen molar-refractivity contribution in [3.63, 3.8) is 0 Å². The zero-order chi connectivity index (χ0) is 44.8. The lowest BCUT2D eigenvalue weighted by atomic mass is 9.44. The van der Waals surface area contributed by atoms with Crippen LogP contribution in [-0.2, 0) is 47.6 Å². The number of benzene rings is 1. The minimum atomic E-state index is -2.36. The molecular weight excluding hydrogens is 794 g/mol. The third-order valence-corrected chi connectivity index (χ3v) is 14.0. The number of aliphatic hydroxyl groups excluding tert-OH is 2. The summed E-state index contributed by atoms with van der Waals surface area (Å²) >= 11 is 0. The van der Waals surface area contributed by atoms with Gasteiger partial charge in [-0.2, -0.15) is 0 Å². The van der Waals surface area contributed by atoms with E-state index >= 15 is 4.79 Å². The predicted molar refractivity (Wildman–Crippen MR) is 214 cm³/mol. The summed E-state index contributed by atoms with van der Waals surface area (Å²) in [7, 11) is 0. The van der Waals surface area contributed by atoms with Gasteiger partial charge in [0.1, 0.15) is 23.9 Å². The number of amides is 1. The van der Waals surface area contributed by atoms with E-state index in [0.717, 1.165) is 33.1 Å². The molecule has 4 fully saturated rings. The second-order valence-electron chi connectivity index (χ2n) is 18.7. The van der Waals surface area contributed by atoms with Crippen LogP contribution in [0.4, 0.5) is 4.79 Å². The number of nitrogens with one attached hydrogen (secondary N) is 1. The van der Waals surface area contributed by atoms with Crippen LogP contribution in [0.1, 0.15) is 111 Å². The van der Waals surface area contributed by atoms with Crippen molar-refractivity contribution in [2.75, 3.05) is 13.2 Å². The molecule has 5 aliphatic rings. The monoisotopic (exact) mass is 855 g/mol. The number of carbonyl (C=O) groups is 6. The molecule has 4 aliphatic carbocycles. The first kappa shape index (κ1) is 46.1. The highest BCUT2D eigenvalue weighted by atomic mass is 16.6. The number of carbonyl (C=O) groups excluding carboxylic acids is 6. The zero-order valence-electron chi connectivity index (χ0n) is 36.3. The van der Waals surface area contributed by atoms with Crippen molar-refractivity contribution in [2.24, 2.45) is 28.6 Å². The van der Waals surface area contributed by atoms with Gasteiger partial charge in [0.05, 0.1) is 42.3 Å². The Morgan fingerprint density at radius 2 is 1.61 bits per heavy atom. The molecule has 1 saturated heterocycles. The van der Waals surface area contributed by atoms with Crippen molar-refractivity contribution in [2.45, 2.75) is 154 Å². The second-order valence-corrected chi connectivity index (χ2v) is 18.7. The zero-order valence-corrected chi connectivity index (χ0v) is 36.3. The average Bonchev–Trinajstić information content (AvgIpc) is 3.20. The lowest BCUT2D eigenvalue weighted by molar-refractivity contribution is -0.346. The molecule has 1 aliphatic heterocycles. The van der Waals surface area contributed by atoms with Gasteiger partial charge in [-0.05, 0) is 61.8 Å². The lowest BCUT2D eigenvalue weighted by Gasteiger charge is -2.67. The highest BCUT2D eigenvalue weighted by molar-refractivity contribution is 5.95. The summed E-state index contributed by atoms with van der Waals surface area (Å²) in [6.45, 7) is 11.9. The Balaban J connectivity index is 1.51. The van der Waals surface area contributed by atoms with E-state index in [2.05, 4.69) is 5.32 Å². The van der Waals surface area contributed by atoms with Crippen molar-refractivity contribution in [1.82, 2.24) is 5.32 Å². The number of hydrogen-bond donors (Lipinski definition) is 4. The van der Waals surface area contributed by atoms with E-state index in [-0.39, 0.29) is 48.2 Å². The number of esters is 4. The van der Waals surface area contributed by atoms with E-state index in [0.29, 0.717) is 12.8 Å². The molecule has 1 amide bonds. The number of ketones is 1. The number of rotatable bonds is 11. The molecule has 16 heteroatoms. The van der Waals surface area contributed by atoms with Crippen molar-refractivity contribution in [1.29, 1.82) is 0 Å². The number of aliphatic hydroxyl groups is 3. The lowest BCUT2D eigenvalue weighted by Crippen LogP contribution is -2.82. The second kappa shape index (κ2) is 17.4. The number of fused-ring (bicyclic) bond motifs is 5. The minimum Gasteiger partial charge on any atom is -0.456 e. The van der Waals surface area contributed by atoms with Gasteiger partial charge in [0.2, 0.25) is 0 Å². The molecule has 16 nitrogen and oxygen atoms in total. The average molecular weight is 856 g/mol. The summed E-state index contributed by atoms with van der Waals surface area (Å²) in [5, 5.41) is 40.2. The highest BCUT2D eigenvalue weighted by Crippen LogP contribution is 2.64. The maximum Gasteiger partial charge on any atom is 0.407 e. The molecule has 3 saturated carbocycles. The van der Waals surface area contributed by atoms with Crippen molar-refractivity contribution >= 4 is 35.8 Å². The topological polar surface area (TPSA) is 231 Å². The molecule has 336 valence electrons. The molecule has 2 bridgehead atoms. The first-order valence-corrected chi connectivity index (χ1v) is 21.3. The summed E-state index contributed by atoms with van der Waals surface area (Å²) in [6.07, 6.45) is -7.23. The van der Waals surface area contributed by atoms with E-state index < -0.39 is 113 Å². The fraction of sp³-hybridized carbons (Fsp3) is 0.689. The Hall–Kier alpha value is -4.38. The van der Waals surface area contributed by atoms with Crippen molar-refractivity contribution in [3.8, 4) is 0 Å². The normalized spacial score (nSPS) is 34.2. The SMILES string of the molecule is CC(=O)O[C@H]1C(=O)[C@@]2(C)[C@H]([C@H](OC(=O)c3ccccc3)[C@]3(O)C[C@H](OC(=O)[C@H](O)[C@@H](NC(=O)OCC(C)C)C4CCCCC4)C(C)=C1C3(C)C)[C@]1(OC(C)=O)CO[C@@H]1C[C@@H]2O. The standard InChI is InChI=1S/C45H61NO15/c1-23(2)21-56-41(54)46-33(27-15-11-9-12-16-27)34(50)40(53)59-29-20-45(55)38(60-39(52)28-17-13-10-14-18-28)36-43(8,30(49)19-31-44(36,22-57-31)61-26(5)48)37(51)35(58-25(4)47)32(24(29)3)42(45,6)7/h10,13-14,17-18,23,27,29-31,33-36,38,49-50,55H,9,11-12,15-16,19-22H2,1-8H3,(H,46,54)/t29-,30-,31+,33-,34+,35+,36-,38-,43+,44-,45+/m0/s1. The van der Waals surface area contributed by atoms with E-state index in [4.69, 9.17) is 28.4 Å². The summed E-state index contributed by atoms with van der Waals surface area (Å²) in [5.74, 6) is -6.37. The molecule has 11 atom stereocenters. The van der Waals surface area contributed by atoms with E-state index in [1.807, 2.05) is 13.8 Å². The molecule has 1 aromatic rings. The molecular formula is C45H61NO15. The quantitative estimate of drug-likeness (QED) is 0.141. The van der Waals surface area contributed by atoms with Crippen LogP contribution < -0.4 is 5.32 Å². The van der Waals surface area contributed by atoms with Crippen LogP contribution in [-0.4, -0.2) is 118 Å². The van der Waals surface area contributed by atoms with Crippen LogP contribution in [0.15, 0.2) is 41.5 Å². The first-order chi connectivity index (χ1) is 28.6. The Kier molecular flexibility index (Phi) is 13.2. The van der Waals surface area contributed by atoms with Gasteiger partial charge in [-0.15, -0.1) is 0 Å². The van der Waals surface area contributed by atoms with Gasteiger partial charge in [0, 0.05) is 32.1 Å². The van der Waals surface area contributed by atoms with Gasteiger partial charge in [-0.25, -0.2) is 14.4 Å². The first-order valence-electron chi connectivity index (χ1n) is 21.3. The van der Waals surface area contributed by atoms with Gasteiger partial charge in [-0.3, -0.25) is 14.4 Å². The Morgan fingerprint density at radius 3 is 2.18 bits per heavy atom. The number of ether oxygens (including phenoxy) is 6. The van der Waals surface area contributed by atoms with E-state index in [1.54, 1.807) is 39.0 Å². The number of hydrogen-bond acceptors (Lipinski definition) is 15. The van der Waals surface area contributed by atoms with Crippen LogP contribution in [0.3, 0.4) is 0 Å². The Morgan fingerprint density at radius 1 is 0.951 bits per heavy atom. The molecule has 0 unspecified atom stereocenters. The smallest absolute Gasteiger partial charge is 0.407 e. The van der Waals surface area contributed by atoms with Crippen LogP contribution in [0.5, 0.6) is 0 Å². The van der Waals surface area contributed by atoms with Gasteiger partial charge in [-0.1, -0.05) is 65.2 Å². The highest BCUT2D eigenvalue weighted by Gasteiger charge is 2.78. The summed E-state index contributed by atoms with van der Waals surface area (Å²) < 4.78 is 35.7. The fourth-order valence-electron chi connectivity index (χ4n) is 10.7. The number of alkyl carbamates (subject to hydrolysis) is 1. The summed E-state index contributed by atoms with van der Waals surface area (Å²) in [5.41, 5.74) is -7.48. The fourth-order valence-corrected chi connectivity index (χ4v) is 10.7. The Labute approximate surface area is 356 Å². The maximum absolute atomic E-state index is 15.5. The molecule has 6 rings (SSSR count). The van der Waals surface area contributed by atoms with Gasteiger partial charge in [0.15, 0.2) is 23.6 Å². The molecule has 1 heterocycles. The molecule has 0 aromatic heterocycles. The molecule has 4 N–H and O–H groups in total. The Bertz CT molecular complexity index is 1910. The van der Waals surface area contributed by atoms with Crippen molar-refractivity contribution < 1.29 is 72.5 Å². The third kappa shape index (κ3) is 8.20. The van der Waals surface area contributed by atoms with Crippen LogP contribution in [0.2, 0.25) is 0 Å². The summed E-state index contributed by atoms with van der Waals surface area (Å²) in [6, 6.07) is 6.78. The van der Waals surface area contributed by atoms with E-state index in [9.17, 15) is 39.3 Å². The predicted octanol–water partition coefficient (Wildman–Crippen LogP) is 3.90. The van der Waals surface area contributed by atoms with Gasteiger partial charge < -0.3 is 49.1 Å². The van der Waals surface area contributed by atoms with E-state index in [1.165, 1.54) is 19.1 Å². The largest absolute Gasteiger partial charge is 0.456 e. The number of Topliss-reactive ketones (excluding diaryl/α,β-unsaturated/α-hetero) is 1. The minimum absolute atomic E-state index is 0.0223. The molecule has 1 aromatic carbocycles. The van der Waals surface area contributed by atoms with Crippen LogP contribution >= 0.6 is 0 Å². The summed E-state index contributed by atoms with van der Waals surface area (Å²) in [4.78, 5) is 82.9. The van der Waals surface area contributed by atoms with Crippen LogP contribution in [0.25, 0.3) is 0 Å². The van der Waals surface area contributed by atoms with Gasteiger partial charge in [0.25, 0.3) is 0 Å². The van der Waals surface area contributed by atoms with Gasteiger partial charge >= 0.3 is 30.0 Å². The van der Waals surface area contributed by atoms with Crippen LogP contribution in [0, 0.1) is 28.6 Å². The molecule has 0 radical (unpaired) electrons. The maximum atomic E-state index is 15.5. The molecule has 0 spiro atoms. The molecule has 61 heavy (non-hydrogen) atoms. The third-order valence-electron chi connectivity index (χ3n) is 14.0.